The van der Waals surface area contributed by atoms with Crippen LogP contribution in [0.15, 0.2) is 22.7 Å². The number of benzene rings is 1. The number of halogens is 1. The second kappa shape index (κ2) is 7.41. The van der Waals surface area contributed by atoms with Crippen LogP contribution in [0.25, 0.3) is 0 Å². The molecule has 1 atom stereocenters. The summed E-state index contributed by atoms with van der Waals surface area (Å²) in [6, 6.07) is 6.27. The van der Waals surface area contributed by atoms with Crippen molar-refractivity contribution in [3.63, 3.8) is 0 Å². The van der Waals surface area contributed by atoms with Gasteiger partial charge < -0.3 is 10.6 Å². The zero-order chi connectivity index (χ0) is 13.5. The molecule has 1 aromatic rings. The van der Waals surface area contributed by atoms with Gasteiger partial charge in [-0.05, 0) is 44.0 Å². The fourth-order valence-corrected chi connectivity index (χ4v) is 2.46. The van der Waals surface area contributed by atoms with Gasteiger partial charge in [0.1, 0.15) is 0 Å². The predicted octanol–water partition coefficient (Wildman–Crippen LogP) is 3.47. The summed E-state index contributed by atoms with van der Waals surface area (Å²) in [4.78, 5) is 11.7. The lowest BCUT2D eigenvalue weighted by Crippen LogP contribution is -2.36. The molecule has 0 aromatic heterocycles. The number of hydrogen-bond donors (Lipinski definition) is 2. The van der Waals surface area contributed by atoms with Gasteiger partial charge in [0.15, 0.2) is 0 Å². The smallest absolute Gasteiger partial charge is 0.239 e. The van der Waals surface area contributed by atoms with Crippen LogP contribution in [-0.2, 0) is 4.79 Å². The highest BCUT2D eigenvalue weighted by Gasteiger charge is 2.06. The molecule has 0 aliphatic carbocycles. The minimum atomic E-state index is 0.0357. The van der Waals surface area contributed by atoms with Gasteiger partial charge >= 0.3 is 0 Å². The maximum absolute atomic E-state index is 11.7. The Morgan fingerprint density at radius 2 is 2.11 bits per heavy atom. The van der Waals surface area contributed by atoms with Crippen LogP contribution >= 0.6 is 15.9 Å². The van der Waals surface area contributed by atoms with Crippen molar-refractivity contribution in [2.75, 3.05) is 11.9 Å². The van der Waals surface area contributed by atoms with E-state index in [9.17, 15) is 4.79 Å². The molecule has 1 unspecified atom stereocenters. The van der Waals surface area contributed by atoms with Crippen molar-refractivity contribution in [1.82, 2.24) is 5.32 Å². The molecule has 0 aliphatic heterocycles. The van der Waals surface area contributed by atoms with E-state index in [1.807, 2.05) is 32.0 Å². The van der Waals surface area contributed by atoms with Gasteiger partial charge in [0.25, 0.3) is 0 Å². The summed E-state index contributed by atoms with van der Waals surface area (Å²) >= 11 is 3.44. The SMILES string of the molecule is CCCC(C)NC(=O)CNc1cc(C)cc(Br)c1. The van der Waals surface area contributed by atoms with E-state index in [2.05, 4.69) is 33.5 Å². The maximum atomic E-state index is 11.7. The molecule has 0 aliphatic rings. The van der Waals surface area contributed by atoms with Crippen LogP contribution in [0.2, 0.25) is 0 Å². The summed E-state index contributed by atoms with van der Waals surface area (Å²) in [5.41, 5.74) is 2.12. The molecular weight excluding hydrogens is 292 g/mol. The predicted molar refractivity (Wildman–Crippen MR) is 79.9 cm³/mol. The number of carbonyl (C=O) groups is 1. The van der Waals surface area contributed by atoms with Gasteiger partial charge in [-0.3, -0.25) is 4.79 Å². The molecule has 1 aromatic carbocycles. The van der Waals surface area contributed by atoms with Crippen molar-refractivity contribution in [3.05, 3.63) is 28.2 Å². The first-order valence-corrected chi connectivity index (χ1v) is 7.11. The number of rotatable bonds is 6. The van der Waals surface area contributed by atoms with E-state index < -0.39 is 0 Å². The summed E-state index contributed by atoms with van der Waals surface area (Å²) in [5.74, 6) is 0.0357. The maximum Gasteiger partial charge on any atom is 0.239 e. The van der Waals surface area contributed by atoms with Crippen LogP contribution in [0.5, 0.6) is 0 Å². The molecule has 0 saturated carbocycles. The summed E-state index contributed by atoms with van der Waals surface area (Å²) in [5, 5.41) is 6.10. The van der Waals surface area contributed by atoms with Gasteiger partial charge in [-0.2, -0.15) is 0 Å². The van der Waals surface area contributed by atoms with Crippen LogP contribution < -0.4 is 10.6 Å². The lowest BCUT2D eigenvalue weighted by Gasteiger charge is -2.13. The van der Waals surface area contributed by atoms with E-state index >= 15 is 0 Å². The second-order valence-corrected chi connectivity index (χ2v) is 5.54. The van der Waals surface area contributed by atoms with Gasteiger partial charge in [-0.1, -0.05) is 29.3 Å². The fraction of sp³-hybridized carbons (Fsp3) is 0.500. The highest BCUT2D eigenvalue weighted by molar-refractivity contribution is 9.10. The lowest BCUT2D eigenvalue weighted by molar-refractivity contribution is -0.120. The Labute approximate surface area is 117 Å². The molecule has 0 fully saturated rings. The molecule has 1 amide bonds. The minimum absolute atomic E-state index is 0.0357. The Kier molecular flexibility index (Phi) is 6.19. The summed E-state index contributed by atoms with van der Waals surface area (Å²) < 4.78 is 1.02. The number of carbonyl (C=O) groups excluding carboxylic acids is 1. The van der Waals surface area contributed by atoms with Crippen LogP contribution in [0.3, 0.4) is 0 Å². The van der Waals surface area contributed by atoms with Crippen molar-refractivity contribution in [2.45, 2.75) is 39.7 Å². The molecule has 2 N–H and O–H groups in total. The number of amides is 1. The average molecular weight is 313 g/mol. The standard InChI is InChI=1S/C14H21BrN2O/c1-4-5-11(3)17-14(18)9-16-13-7-10(2)6-12(15)8-13/h6-8,11,16H,4-5,9H2,1-3H3,(H,17,18). The second-order valence-electron chi connectivity index (χ2n) is 4.63. The fourth-order valence-electron chi connectivity index (χ4n) is 1.85. The molecular formula is C14H21BrN2O. The van der Waals surface area contributed by atoms with Gasteiger partial charge in [0.05, 0.1) is 6.54 Å². The van der Waals surface area contributed by atoms with Crippen molar-refractivity contribution >= 4 is 27.5 Å². The van der Waals surface area contributed by atoms with E-state index in [0.717, 1.165) is 28.6 Å². The third-order valence-electron chi connectivity index (χ3n) is 2.62. The first kappa shape index (κ1) is 15.0. The van der Waals surface area contributed by atoms with Crippen molar-refractivity contribution in [3.8, 4) is 0 Å². The molecule has 0 saturated heterocycles. The number of aryl methyl sites for hydroxylation is 1. The molecule has 0 spiro atoms. The number of anilines is 1. The Morgan fingerprint density at radius 3 is 2.72 bits per heavy atom. The Balaban J connectivity index is 2.42. The van der Waals surface area contributed by atoms with Crippen LogP contribution in [-0.4, -0.2) is 18.5 Å². The third kappa shape index (κ3) is 5.54. The molecule has 0 radical (unpaired) electrons. The van der Waals surface area contributed by atoms with Gasteiger partial charge in [-0.25, -0.2) is 0 Å². The lowest BCUT2D eigenvalue weighted by atomic mass is 10.2. The summed E-state index contributed by atoms with van der Waals surface area (Å²) in [6.45, 7) is 6.49. The molecule has 1 rings (SSSR count). The third-order valence-corrected chi connectivity index (χ3v) is 3.08. The largest absolute Gasteiger partial charge is 0.376 e. The van der Waals surface area contributed by atoms with Crippen molar-refractivity contribution in [1.29, 1.82) is 0 Å². The van der Waals surface area contributed by atoms with Gasteiger partial charge in [-0.15, -0.1) is 0 Å². The zero-order valence-electron chi connectivity index (χ0n) is 11.2. The highest BCUT2D eigenvalue weighted by Crippen LogP contribution is 2.18. The quantitative estimate of drug-likeness (QED) is 0.844. The van der Waals surface area contributed by atoms with Crippen LogP contribution in [0.1, 0.15) is 32.3 Å². The Bertz CT molecular complexity index is 387. The van der Waals surface area contributed by atoms with Crippen molar-refractivity contribution in [2.24, 2.45) is 0 Å². The Hall–Kier alpha value is -1.03. The van der Waals surface area contributed by atoms with Crippen LogP contribution in [0, 0.1) is 6.92 Å². The topological polar surface area (TPSA) is 41.1 Å². The van der Waals surface area contributed by atoms with Gasteiger partial charge in [0.2, 0.25) is 5.91 Å². The van der Waals surface area contributed by atoms with Gasteiger partial charge in [0, 0.05) is 16.2 Å². The number of hydrogen-bond acceptors (Lipinski definition) is 2. The number of nitrogens with one attached hydrogen (secondary N) is 2. The zero-order valence-corrected chi connectivity index (χ0v) is 12.8. The van der Waals surface area contributed by atoms with E-state index in [1.54, 1.807) is 0 Å². The van der Waals surface area contributed by atoms with Crippen LogP contribution in [0.4, 0.5) is 5.69 Å². The molecule has 3 nitrogen and oxygen atoms in total. The molecule has 100 valence electrons. The van der Waals surface area contributed by atoms with E-state index in [4.69, 9.17) is 0 Å². The normalized spacial score (nSPS) is 12.0. The minimum Gasteiger partial charge on any atom is -0.376 e. The molecule has 4 heteroatoms. The van der Waals surface area contributed by atoms with Crippen molar-refractivity contribution < 1.29 is 4.79 Å². The molecule has 0 heterocycles. The van der Waals surface area contributed by atoms with E-state index in [1.165, 1.54) is 0 Å². The monoisotopic (exact) mass is 312 g/mol. The molecule has 18 heavy (non-hydrogen) atoms. The van der Waals surface area contributed by atoms with E-state index in [-0.39, 0.29) is 11.9 Å². The summed E-state index contributed by atoms with van der Waals surface area (Å²) in [6.07, 6.45) is 2.10. The molecule has 0 bridgehead atoms. The Morgan fingerprint density at radius 1 is 1.39 bits per heavy atom. The summed E-state index contributed by atoms with van der Waals surface area (Å²) in [7, 11) is 0. The average Bonchev–Trinajstić information content (AvgIpc) is 2.25. The van der Waals surface area contributed by atoms with E-state index in [0.29, 0.717) is 6.54 Å². The first-order chi connectivity index (χ1) is 8.51. The highest BCUT2D eigenvalue weighted by atomic mass is 79.9. The first-order valence-electron chi connectivity index (χ1n) is 6.31.